The Morgan fingerprint density at radius 1 is 1.53 bits per heavy atom. The highest BCUT2D eigenvalue weighted by Gasteiger charge is 2.27. The molecule has 3 nitrogen and oxygen atoms in total. The molecule has 0 saturated carbocycles. The molecule has 1 aliphatic rings. The summed E-state index contributed by atoms with van der Waals surface area (Å²) >= 11 is 0. The van der Waals surface area contributed by atoms with Gasteiger partial charge in [0, 0.05) is 31.6 Å². The normalized spacial score (nSPS) is 24.6. The number of allylic oxidation sites excluding steroid dienone is 1. The fourth-order valence-corrected chi connectivity index (χ4v) is 2.31. The Morgan fingerprint density at radius 3 is 2.71 bits per heavy atom. The summed E-state index contributed by atoms with van der Waals surface area (Å²) in [6, 6.07) is 0. The molecule has 0 saturated heterocycles. The lowest BCUT2D eigenvalue weighted by Crippen LogP contribution is -2.30. The molecule has 1 N–H and O–H groups in total. The molecule has 1 unspecified atom stereocenters. The van der Waals surface area contributed by atoms with E-state index in [2.05, 4.69) is 11.8 Å². The summed E-state index contributed by atoms with van der Waals surface area (Å²) in [7, 11) is 2.05. The highest BCUT2D eigenvalue weighted by atomic mass is 16.3. The van der Waals surface area contributed by atoms with Gasteiger partial charge in [0.1, 0.15) is 6.29 Å². The Kier molecular flexibility index (Phi) is 4.94. The Hall–Kier alpha value is -1.09. The van der Waals surface area contributed by atoms with E-state index in [-0.39, 0.29) is 5.92 Å². The molecule has 0 radical (unpaired) electrons. The van der Waals surface area contributed by atoms with E-state index in [9.17, 15) is 9.90 Å². The Labute approximate surface area is 104 Å². The van der Waals surface area contributed by atoms with Crippen LogP contribution in [-0.4, -0.2) is 36.0 Å². The minimum absolute atomic E-state index is 0.101. The van der Waals surface area contributed by atoms with Crippen molar-refractivity contribution >= 4 is 6.29 Å². The van der Waals surface area contributed by atoms with E-state index in [0.29, 0.717) is 6.42 Å². The fraction of sp³-hybridized carbons (Fsp3) is 0.643. The van der Waals surface area contributed by atoms with E-state index in [1.165, 1.54) is 11.3 Å². The molecule has 0 aromatic carbocycles. The highest BCUT2D eigenvalue weighted by Crippen LogP contribution is 2.33. The zero-order valence-electron chi connectivity index (χ0n) is 11.2. The lowest BCUT2D eigenvalue weighted by atomic mass is 9.82. The van der Waals surface area contributed by atoms with Gasteiger partial charge >= 0.3 is 0 Å². The van der Waals surface area contributed by atoms with E-state index >= 15 is 0 Å². The van der Waals surface area contributed by atoms with E-state index in [1.54, 1.807) is 0 Å². The number of rotatable bonds is 5. The van der Waals surface area contributed by atoms with Crippen LogP contribution in [0.5, 0.6) is 0 Å². The van der Waals surface area contributed by atoms with Crippen molar-refractivity contribution in [3.8, 4) is 0 Å². The molecule has 0 fully saturated rings. The molecule has 1 rings (SSSR count). The number of carbonyl (C=O) groups excluding carboxylic acids is 1. The van der Waals surface area contributed by atoms with Crippen LogP contribution in [0, 0.1) is 5.92 Å². The average molecular weight is 237 g/mol. The van der Waals surface area contributed by atoms with E-state index < -0.39 is 6.10 Å². The van der Waals surface area contributed by atoms with Crippen molar-refractivity contribution < 1.29 is 9.90 Å². The molecular formula is C14H23NO2. The molecule has 0 heterocycles. The molecule has 96 valence electrons. The fourth-order valence-electron chi connectivity index (χ4n) is 2.31. The number of likely N-dealkylation sites (N-methyl/N-ethyl adjacent to an activating group) is 1. The van der Waals surface area contributed by atoms with Gasteiger partial charge < -0.3 is 14.8 Å². The van der Waals surface area contributed by atoms with Crippen molar-refractivity contribution in [2.24, 2.45) is 5.92 Å². The first-order valence-corrected chi connectivity index (χ1v) is 6.27. The van der Waals surface area contributed by atoms with Crippen molar-refractivity contribution in [2.75, 3.05) is 13.6 Å². The number of hydrogen-bond acceptors (Lipinski definition) is 3. The second-order valence-corrected chi connectivity index (χ2v) is 4.75. The molecule has 17 heavy (non-hydrogen) atoms. The first-order chi connectivity index (χ1) is 8.02. The summed E-state index contributed by atoms with van der Waals surface area (Å²) in [5.74, 6) is 0.101. The van der Waals surface area contributed by atoms with Gasteiger partial charge in [0.05, 0.1) is 6.10 Å². The second kappa shape index (κ2) is 6.01. The van der Waals surface area contributed by atoms with Crippen LogP contribution >= 0.6 is 0 Å². The maximum Gasteiger partial charge on any atom is 0.120 e. The van der Waals surface area contributed by atoms with E-state index in [0.717, 1.165) is 24.8 Å². The van der Waals surface area contributed by atoms with Crippen LogP contribution in [0.4, 0.5) is 0 Å². The maximum absolute atomic E-state index is 10.5. The van der Waals surface area contributed by atoms with Gasteiger partial charge in [-0.2, -0.15) is 0 Å². The Morgan fingerprint density at radius 2 is 2.18 bits per heavy atom. The van der Waals surface area contributed by atoms with Crippen LogP contribution in [0.15, 0.2) is 22.9 Å². The summed E-state index contributed by atoms with van der Waals surface area (Å²) in [5.41, 5.74) is 3.37. The molecule has 0 aliphatic heterocycles. The third-order valence-corrected chi connectivity index (χ3v) is 3.60. The van der Waals surface area contributed by atoms with Gasteiger partial charge in [-0.3, -0.25) is 0 Å². The van der Waals surface area contributed by atoms with Crippen molar-refractivity contribution in [1.29, 1.82) is 0 Å². The first-order valence-electron chi connectivity index (χ1n) is 6.27. The number of nitrogens with zero attached hydrogens (tertiary/aromatic N) is 1. The topological polar surface area (TPSA) is 40.5 Å². The van der Waals surface area contributed by atoms with Gasteiger partial charge in [0.2, 0.25) is 0 Å². The Bertz CT molecular complexity index is 344. The van der Waals surface area contributed by atoms with Gasteiger partial charge in [-0.15, -0.1) is 0 Å². The summed E-state index contributed by atoms with van der Waals surface area (Å²) < 4.78 is 0. The van der Waals surface area contributed by atoms with Crippen molar-refractivity contribution in [3.05, 3.63) is 22.9 Å². The number of aliphatic hydroxyl groups is 1. The summed E-state index contributed by atoms with van der Waals surface area (Å²) in [4.78, 5) is 12.7. The molecule has 1 aliphatic carbocycles. The highest BCUT2D eigenvalue weighted by molar-refractivity contribution is 5.50. The van der Waals surface area contributed by atoms with E-state index in [4.69, 9.17) is 0 Å². The van der Waals surface area contributed by atoms with Crippen molar-refractivity contribution in [2.45, 2.75) is 39.7 Å². The third kappa shape index (κ3) is 2.97. The molecule has 2 atom stereocenters. The zero-order valence-corrected chi connectivity index (χ0v) is 11.2. The number of aldehydes is 1. The first kappa shape index (κ1) is 14.0. The lowest BCUT2D eigenvalue weighted by molar-refractivity contribution is -0.107. The van der Waals surface area contributed by atoms with Gasteiger partial charge in [-0.1, -0.05) is 6.92 Å². The predicted molar refractivity (Wildman–Crippen MR) is 69.6 cm³/mol. The minimum Gasteiger partial charge on any atom is -0.388 e. The van der Waals surface area contributed by atoms with Crippen LogP contribution in [0.2, 0.25) is 0 Å². The monoisotopic (exact) mass is 237 g/mol. The molecule has 0 amide bonds. The van der Waals surface area contributed by atoms with Gasteiger partial charge in [-0.25, -0.2) is 0 Å². The van der Waals surface area contributed by atoms with Crippen LogP contribution in [0.3, 0.4) is 0 Å². The molecular weight excluding hydrogens is 214 g/mol. The summed E-state index contributed by atoms with van der Waals surface area (Å²) in [5, 5.41) is 10.1. The summed E-state index contributed by atoms with van der Waals surface area (Å²) in [6.07, 6.45) is 3.85. The maximum atomic E-state index is 10.5. The van der Waals surface area contributed by atoms with E-state index in [1.807, 2.05) is 27.0 Å². The van der Waals surface area contributed by atoms with Crippen molar-refractivity contribution in [1.82, 2.24) is 4.90 Å². The smallest absolute Gasteiger partial charge is 0.120 e. The van der Waals surface area contributed by atoms with Gasteiger partial charge in [0.15, 0.2) is 0 Å². The van der Waals surface area contributed by atoms with Crippen LogP contribution < -0.4 is 0 Å². The second-order valence-electron chi connectivity index (χ2n) is 4.75. The molecule has 3 heteroatoms. The zero-order chi connectivity index (χ0) is 13.0. The quantitative estimate of drug-likeness (QED) is 0.745. The number of hydrogen-bond donors (Lipinski definition) is 1. The SMILES string of the molecule is CCN(C)C1=C(CCC=O)[C@@H](C)C(O)C(C)=C1. The molecule has 0 aromatic heterocycles. The largest absolute Gasteiger partial charge is 0.388 e. The van der Waals surface area contributed by atoms with Crippen LogP contribution in [0.25, 0.3) is 0 Å². The minimum atomic E-state index is -0.411. The average Bonchev–Trinajstić information content (AvgIpc) is 2.33. The molecule has 0 aromatic rings. The van der Waals surface area contributed by atoms with Gasteiger partial charge in [0.25, 0.3) is 0 Å². The summed E-state index contributed by atoms with van der Waals surface area (Å²) in [6.45, 7) is 7.02. The van der Waals surface area contributed by atoms with Crippen LogP contribution in [0.1, 0.15) is 33.6 Å². The van der Waals surface area contributed by atoms with Crippen molar-refractivity contribution in [3.63, 3.8) is 0 Å². The lowest BCUT2D eigenvalue weighted by Gasteiger charge is -2.33. The number of aliphatic hydroxyl groups excluding tert-OH is 1. The predicted octanol–water partition coefficient (Wildman–Crippen LogP) is 2.13. The van der Waals surface area contributed by atoms with Gasteiger partial charge in [-0.05, 0) is 37.5 Å². The molecule has 0 bridgehead atoms. The van der Waals surface area contributed by atoms with Crippen LogP contribution in [-0.2, 0) is 4.79 Å². The standard InChI is InChI=1S/C14H23NO2/c1-5-15(4)13-9-10(2)14(17)11(3)12(13)7-6-8-16/h8-9,11,14,17H,5-7H2,1-4H3/t11-,14?/m1/s1. The third-order valence-electron chi connectivity index (χ3n) is 3.60. The Balaban J connectivity index is 3.09. The molecule has 0 spiro atoms. The number of carbonyl (C=O) groups is 1.